The number of carbonyl (C=O) groups is 2. The number of rotatable bonds is 11. The number of hydrogen-bond acceptors (Lipinski definition) is 3. The van der Waals surface area contributed by atoms with Gasteiger partial charge in [0.15, 0.2) is 0 Å². The molecule has 3 aromatic rings. The quantitative estimate of drug-likeness (QED) is 0.431. The van der Waals surface area contributed by atoms with Gasteiger partial charge in [0.25, 0.3) is 0 Å². The number of hydrogen-bond donors (Lipinski definition) is 1. The summed E-state index contributed by atoms with van der Waals surface area (Å²) in [7, 11) is 3.43. The van der Waals surface area contributed by atoms with Crippen molar-refractivity contribution in [1.29, 1.82) is 0 Å². The van der Waals surface area contributed by atoms with E-state index in [1.165, 1.54) is 15.8 Å². The zero-order valence-electron chi connectivity index (χ0n) is 21.6. The summed E-state index contributed by atoms with van der Waals surface area (Å²) in [4.78, 5) is 34.6. The Morgan fingerprint density at radius 3 is 2.37 bits per heavy atom. The van der Waals surface area contributed by atoms with E-state index in [9.17, 15) is 9.59 Å². The lowest BCUT2D eigenvalue weighted by Crippen LogP contribution is -2.47. The maximum atomic E-state index is 13.5. The molecule has 1 heterocycles. The van der Waals surface area contributed by atoms with Crippen LogP contribution in [0.3, 0.4) is 0 Å². The van der Waals surface area contributed by atoms with Crippen molar-refractivity contribution in [1.82, 2.24) is 19.7 Å². The summed E-state index contributed by atoms with van der Waals surface area (Å²) in [5, 5.41) is 1.17. The Kier molecular flexibility index (Phi) is 9.18. The van der Waals surface area contributed by atoms with Crippen LogP contribution in [0.15, 0.2) is 54.7 Å². The normalized spacial score (nSPS) is 11.0. The van der Waals surface area contributed by atoms with Crippen LogP contribution in [0, 0.1) is 5.92 Å². The van der Waals surface area contributed by atoms with Crippen LogP contribution < -0.4 is 4.74 Å². The number of amides is 3. The molecule has 3 amide bonds. The highest BCUT2D eigenvalue weighted by atomic mass is 16.5. The first-order chi connectivity index (χ1) is 16.8. The minimum atomic E-state index is -0.148. The fourth-order valence-electron chi connectivity index (χ4n) is 4.16. The van der Waals surface area contributed by atoms with Crippen molar-refractivity contribution in [2.24, 2.45) is 5.92 Å². The number of ether oxygens (including phenoxy) is 1. The van der Waals surface area contributed by atoms with Crippen LogP contribution in [-0.4, -0.2) is 72.0 Å². The average molecular weight is 479 g/mol. The number of fused-ring (bicyclic) bond motifs is 1. The third-order valence-corrected chi connectivity index (χ3v) is 5.85. The molecule has 3 rings (SSSR count). The second kappa shape index (κ2) is 12.3. The molecular weight excluding hydrogens is 440 g/mol. The van der Waals surface area contributed by atoms with Crippen molar-refractivity contribution in [3.05, 3.63) is 65.9 Å². The van der Waals surface area contributed by atoms with Crippen LogP contribution in [0.2, 0.25) is 0 Å². The number of benzene rings is 2. The number of aromatic amines is 1. The van der Waals surface area contributed by atoms with Crippen LogP contribution in [-0.2, 0) is 17.8 Å². The van der Waals surface area contributed by atoms with E-state index in [0.717, 1.165) is 23.3 Å². The van der Waals surface area contributed by atoms with Gasteiger partial charge in [-0.3, -0.25) is 4.79 Å². The lowest BCUT2D eigenvalue weighted by Gasteiger charge is -2.30. The molecule has 1 aromatic heterocycles. The molecule has 0 saturated heterocycles. The molecule has 35 heavy (non-hydrogen) atoms. The smallest absolute Gasteiger partial charge is 0.319 e. The number of nitrogens with zero attached hydrogens (tertiary/aromatic N) is 3. The predicted octanol–water partition coefficient (Wildman–Crippen LogP) is 4.78. The van der Waals surface area contributed by atoms with Gasteiger partial charge in [-0.05, 0) is 48.6 Å². The SMILES string of the molecule is CCOc1ccc(CN(CCc2c[nH]c3ccccc23)C(=O)CN(CC(C)C)C(=O)N(C)C)cc1. The van der Waals surface area contributed by atoms with Gasteiger partial charge in [0.1, 0.15) is 12.3 Å². The molecule has 0 aliphatic heterocycles. The molecule has 0 fully saturated rings. The molecule has 0 bridgehead atoms. The van der Waals surface area contributed by atoms with E-state index in [2.05, 4.69) is 31.0 Å². The van der Waals surface area contributed by atoms with Crippen molar-refractivity contribution in [2.75, 3.05) is 40.3 Å². The van der Waals surface area contributed by atoms with Gasteiger partial charge in [-0.1, -0.05) is 44.2 Å². The highest BCUT2D eigenvalue weighted by Gasteiger charge is 2.23. The number of aromatic nitrogens is 1. The third kappa shape index (κ3) is 7.25. The van der Waals surface area contributed by atoms with Crippen LogP contribution in [0.1, 0.15) is 31.9 Å². The summed E-state index contributed by atoms with van der Waals surface area (Å²) in [6.45, 7) is 8.28. The Hall–Kier alpha value is -3.48. The largest absolute Gasteiger partial charge is 0.494 e. The fourth-order valence-corrected chi connectivity index (χ4v) is 4.16. The van der Waals surface area contributed by atoms with Crippen molar-refractivity contribution < 1.29 is 14.3 Å². The number of para-hydroxylation sites is 1. The van der Waals surface area contributed by atoms with E-state index < -0.39 is 0 Å². The number of urea groups is 1. The first-order valence-corrected chi connectivity index (χ1v) is 12.3. The molecular formula is C28H38N4O3. The Balaban J connectivity index is 1.79. The highest BCUT2D eigenvalue weighted by molar-refractivity contribution is 5.85. The maximum Gasteiger partial charge on any atom is 0.319 e. The lowest BCUT2D eigenvalue weighted by molar-refractivity contribution is -0.132. The van der Waals surface area contributed by atoms with Gasteiger partial charge in [-0.2, -0.15) is 0 Å². The van der Waals surface area contributed by atoms with Crippen LogP contribution in [0.5, 0.6) is 5.75 Å². The van der Waals surface area contributed by atoms with Gasteiger partial charge in [-0.25, -0.2) is 4.79 Å². The minimum absolute atomic E-state index is 0.0557. The standard InChI is InChI=1S/C28H38N4O3/c1-6-35-24-13-11-22(12-14-24)19-31(16-15-23-17-29-26-10-8-7-9-25(23)26)27(33)20-32(18-21(2)3)28(34)30(4)5/h7-14,17,21,29H,6,15-16,18-20H2,1-5H3. The molecule has 0 radical (unpaired) electrons. The van der Waals surface area contributed by atoms with E-state index in [1.54, 1.807) is 19.0 Å². The number of H-pyrrole nitrogens is 1. The summed E-state index contributed by atoms with van der Waals surface area (Å²) in [6.07, 6.45) is 2.74. The zero-order chi connectivity index (χ0) is 25.4. The first kappa shape index (κ1) is 26.1. The average Bonchev–Trinajstić information content (AvgIpc) is 3.24. The van der Waals surface area contributed by atoms with E-state index in [4.69, 9.17) is 4.74 Å². The molecule has 0 atom stereocenters. The van der Waals surface area contributed by atoms with Crippen molar-refractivity contribution >= 4 is 22.8 Å². The van der Waals surface area contributed by atoms with Crippen LogP contribution in [0.25, 0.3) is 10.9 Å². The van der Waals surface area contributed by atoms with Gasteiger partial charge in [0, 0.05) is 50.8 Å². The topological polar surface area (TPSA) is 68.9 Å². The molecule has 2 aromatic carbocycles. The molecule has 7 nitrogen and oxygen atoms in total. The van der Waals surface area contributed by atoms with E-state index in [1.807, 2.05) is 54.4 Å². The van der Waals surface area contributed by atoms with Crippen molar-refractivity contribution in [3.8, 4) is 5.75 Å². The van der Waals surface area contributed by atoms with Crippen molar-refractivity contribution in [3.63, 3.8) is 0 Å². The predicted molar refractivity (Wildman–Crippen MR) is 141 cm³/mol. The summed E-state index contributed by atoms with van der Waals surface area (Å²) in [5.74, 6) is 1.01. The maximum absolute atomic E-state index is 13.5. The molecule has 0 aliphatic rings. The molecule has 7 heteroatoms. The van der Waals surface area contributed by atoms with Crippen molar-refractivity contribution in [2.45, 2.75) is 33.7 Å². The Labute approximate surface area is 208 Å². The number of carbonyl (C=O) groups excluding carboxylic acids is 2. The van der Waals surface area contributed by atoms with E-state index in [0.29, 0.717) is 26.2 Å². The van der Waals surface area contributed by atoms with Gasteiger partial charge >= 0.3 is 6.03 Å². The van der Waals surface area contributed by atoms with Crippen LogP contribution in [0.4, 0.5) is 4.79 Å². The zero-order valence-corrected chi connectivity index (χ0v) is 21.6. The van der Waals surface area contributed by atoms with E-state index in [-0.39, 0.29) is 24.4 Å². The monoisotopic (exact) mass is 478 g/mol. The molecule has 0 spiro atoms. The second-order valence-electron chi connectivity index (χ2n) is 9.45. The van der Waals surface area contributed by atoms with Gasteiger partial charge in [0.05, 0.1) is 6.61 Å². The van der Waals surface area contributed by atoms with E-state index >= 15 is 0 Å². The van der Waals surface area contributed by atoms with Gasteiger partial charge in [0.2, 0.25) is 5.91 Å². The third-order valence-electron chi connectivity index (χ3n) is 5.85. The number of nitrogens with one attached hydrogen (secondary N) is 1. The summed E-state index contributed by atoms with van der Waals surface area (Å²) < 4.78 is 5.56. The molecule has 188 valence electrons. The van der Waals surface area contributed by atoms with Gasteiger partial charge < -0.3 is 24.4 Å². The molecule has 0 aliphatic carbocycles. The molecule has 0 saturated carbocycles. The summed E-state index contributed by atoms with van der Waals surface area (Å²) in [6, 6.07) is 15.9. The Morgan fingerprint density at radius 1 is 1.00 bits per heavy atom. The second-order valence-corrected chi connectivity index (χ2v) is 9.45. The summed E-state index contributed by atoms with van der Waals surface area (Å²) >= 11 is 0. The lowest BCUT2D eigenvalue weighted by atomic mass is 10.1. The Bertz CT molecular complexity index is 1100. The van der Waals surface area contributed by atoms with Gasteiger partial charge in [-0.15, -0.1) is 0 Å². The van der Waals surface area contributed by atoms with Crippen LogP contribution >= 0.6 is 0 Å². The summed E-state index contributed by atoms with van der Waals surface area (Å²) in [5.41, 5.74) is 3.29. The Morgan fingerprint density at radius 2 is 1.71 bits per heavy atom. The molecule has 0 unspecified atom stereocenters. The highest BCUT2D eigenvalue weighted by Crippen LogP contribution is 2.20. The fraction of sp³-hybridized carbons (Fsp3) is 0.429. The minimum Gasteiger partial charge on any atom is -0.494 e. The molecule has 1 N–H and O–H groups in total. The first-order valence-electron chi connectivity index (χ1n) is 12.3.